The van der Waals surface area contributed by atoms with E-state index in [1.54, 1.807) is 0 Å². The summed E-state index contributed by atoms with van der Waals surface area (Å²) in [6, 6.07) is 7.82. The van der Waals surface area contributed by atoms with Crippen LogP contribution in [-0.2, 0) is 4.74 Å². The Balaban J connectivity index is 1.96. The van der Waals surface area contributed by atoms with Crippen LogP contribution in [0.3, 0.4) is 0 Å². The summed E-state index contributed by atoms with van der Waals surface area (Å²) in [6.45, 7) is 4.34. The summed E-state index contributed by atoms with van der Waals surface area (Å²) in [7, 11) is 0. The normalized spacial score (nSPS) is 10.8. The van der Waals surface area contributed by atoms with Crippen LogP contribution in [0, 0.1) is 0 Å². The Labute approximate surface area is 118 Å². The number of rotatable bonds is 7. The summed E-state index contributed by atoms with van der Waals surface area (Å²) in [5, 5.41) is 13.6. The molecule has 0 aliphatic rings. The number of nitrogens with one attached hydrogen (secondary N) is 1. The lowest BCUT2D eigenvalue weighted by molar-refractivity contribution is 0.141. The molecule has 0 aliphatic carbocycles. The molecule has 0 bridgehead atoms. The van der Waals surface area contributed by atoms with Gasteiger partial charge in [0.25, 0.3) is 0 Å². The van der Waals surface area contributed by atoms with E-state index in [9.17, 15) is 0 Å². The molecule has 0 fully saturated rings. The van der Waals surface area contributed by atoms with Gasteiger partial charge in [-0.25, -0.2) is 0 Å². The first-order chi connectivity index (χ1) is 9.33. The highest BCUT2D eigenvalue weighted by atomic mass is 35.5. The number of hydrogen-bond acceptors (Lipinski definition) is 4. The second kappa shape index (κ2) is 7.26. The van der Waals surface area contributed by atoms with Crippen molar-refractivity contribution in [2.75, 3.05) is 25.1 Å². The zero-order valence-corrected chi connectivity index (χ0v) is 11.8. The number of aromatic nitrogens is 2. The Hall–Kier alpha value is -1.39. The van der Waals surface area contributed by atoms with Crippen molar-refractivity contribution in [3.05, 3.63) is 29.4 Å². The van der Waals surface area contributed by atoms with Crippen molar-refractivity contribution in [1.29, 1.82) is 0 Å². The Morgan fingerprint density at radius 2 is 1.95 bits per heavy atom. The number of benzene rings is 1. The lowest BCUT2D eigenvalue weighted by Gasteiger charge is -2.09. The summed E-state index contributed by atoms with van der Waals surface area (Å²) < 4.78 is 5.49. The summed E-state index contributed by atoms with van der Waals surface area (Å²) in [5.74, 6) is 0.749. The molecule has 0 amide bonds. The van der Waals surface area contributed by atoms with Crippen LogP contribution in [0.1, 0.15) is 19.8 Å². The quantitative estimate of drug-likeness (QED) is 0.788. The van der Waals surface area contributed by atoms with Crippen LogP contribution in [0.4, 0.5) is 5.82 Å². The van der Waals surface area contributed by atoms with Gasteiger partial charge in [0, 0.05) is 23.9 Å². The van der Waals surface area contributed by atoms with Gasteiger partial charge in [0.05, 0.1) is 6.61 Å². The van der Waals surface area contributed by atoms with E-state index in [1.807, 2.05) is 24.3 Å². The van der Waals surface area contributed by atoms with E-state index in [2.05, 4.69) is 22.4 Å². The number of unbranched alkanes of at least 4 members (excludes halogenated alkanes) is 1. The highest BCUT2D eigenvalue weighted by Gasteiger charge is 2.06. The standard InChI is InChI=1S/C14H18ClN3O/c1-2-3-9-19-10-8-16-14-12-7-5-4-6-11(12)13(15)17-18-14/h4-7H,2-3,8-10H2,1H3,(H,16,18). The van der Waals surface area contributed by atoms with Crippen molar-refractivity contribution in [3.63, 3.8) is 0 Å². The Kier molecular flexibility index (Phi) is 5.36. The molecule has 2 aromatic rings. The maximum Gasteiger partial charge on any atom is 0.159 e. The molecule has 1 heterocycles. The number of halogens is 1. The predicted octanol–water partition coefficient (Wildman–Crippen LogP) is 3.51. The van der Waals surface area contributed by atoms with Gasteiger partial charge in [-0.2, -0.15) is 0 Å². The number of nitrogens with zero attached hydrogens (tertiary/aromatic N) is 2. The number of ether oxygens (including phenoxy) is 1. The number of fused-ring (bicyclic) bond motifs is 1. The van der Waals surface area contributed by atoms with Crippen molar-refractivity contribution in [2.45, 2.75) is 19.8 Å². The molecule has 1 aromatic carbocycles. The lowest BCUT2D eigenvalue weighted by Crippen LogP contribution is -2.11. The van der Waals surface area contributed by atoms with Crippen molar-refractivity contribution in [2.24, 2.45) is 0 Å². The third-order valence-corrected chi connectivity index (χ3v) is 3.10. The average Bonchev–Trinajstić information content (AvgIpc) is 2.45. The van der Waals surface area contributed by atoms with E-state index in [-0.39, 0.29) is 0 Å². The molecule has 5 heteroatoms. The van der Waals surface area contributed by atoms with Gasteiger partial charge in [-0.05, 0) is 6.42 Å². The van der Waals surface area contributed by atoms with E-state index in [0.29, 0.717) is 18.3 Å². The molecular weight excluding hydrogens is 262 g/mol. The van der Waals surface area contributed by atoms with Crippen LogP contribution in [0.2, 0.25) is 5.15 Å². The first-order valence-electron chi connectivity index (χ1n) is 6.55. The fraction of sp³-hybridized carbons (Fsp3) is 0.429. The minimum Gasteiger partial charge on any atom is -0.380 e. The second-order valence-electron chi connectivity index (χ2n) is 4.28. The minimum absolute atomic E-state index is 0.431. The van der Waals surface area contributed by atoms with Crippen LogP contribution in [0.25, 0.3) is 10.8 Å². The molecule has 0 spiro atoms. The Morgan fingerprint density at radius 3 is 2.74 bits per heavy atom. The van der Waals surface area contributed by atoms with E-state index in [1.165, 1.54) is 0 Å². The highest BCUT2D eigenvalue weighted by molar-refractivity contribution is 6.34. The van der Waals surface area contributed by atoms with Gasteiger partial charge in [-0.15, -0.1) is 10.2 Å². The van der Waals surface area contributed by atoms with Gasteiger partial charge >= 0.3 is 0 Å². The summed E-state index contributed by atoms with van der Waals surface area (Å²) in [6.07, 6.45) is 2.25. The molecule has 2 rings (SSSR count). The van der Waals surface area contributed by atoms with Crippen LogP contribution >= 0.6 is 11.6 Å². The van der Waals surface area contributed by atoms with Gasteiger partial charge in [-0.1, -0.05) is 49.2 Å². The van der Waals surface area contributed by atoms with Gasteiger partial charge in [0.15, 0.2) is 11.0 Å². The van der Waals surface area contributed by atoms with Crippen molar-refractivity contribution >= 4 is 28.2 Å². The molecule has 0 saturated heterocycles. The summed E-state index contributed by atoms with van der Waals surface area (Å²) in [5.41, 5.74) is 0. The zero-order valence-electron chi connectivity index (χ0n) is 11.0. The van der Waals surface area contributed by atoms with Gasteiger partial charge < -0.3 is 10.1 Å². The third kappa shape index (κ3) is 3.78. The number of hydrogen-bond donors (Lipinski definition) is 1. The fourth-order valence-electron chi connectivity index (χ4n) is 1.79. The van der Waals surface area contributed by atoms with Crippen molar-refractivity contribution in [1.82, 2.24) is 10.2 Å². The van der Waals surface area contributed by atoms with E-state index < -0.39 is 0 Å². The van der Waals surface area contributed by atoms with E-state index in [4.69, 9.17) is 16.3 Å². The van der Waals surface area contributed by atoms with Crippen molar-refractivity contribution in [3.8, 4) is 0 Å². The van der Waals surface area contributed by atoms with E-state index >= 15 is 0 Å². The molecule has 1 N–H and O–H groups in total. The van der Waals surface area contributed by atoms with Crippen molar-refractivity contribution < 1.29 is 4.74 Å². The lowest BCUT2D eigenvalue weighted by atomic mass is 10.2. The van der Waals surface area contributed by atoms with Gasteiger partial charge in [0.2, 0.25) is 0 Å². The number of anilines is 1. The Bertz CT molecular complexity index is 533. The third-order valence-electron chi connectivity index (χ3n) is 2.82. The maximum absolute atomic E-state index is 6.02. The second-order valence-corrected chi connectivity index (χ2v) is 4.64. The van der Waals surface area contributed by atoms with Gasteiger partial charge in [-0.3, -0.25) is 0 Å². The first kappa shape index (κ1) is 14.0. The van der Waals surface area contributed by atoms with Crippen LogP contribution < -0.4 is 5.32 Å². The summed E-state index contributed by atoms with van der Waals surface area (Å²) in [4.78, 5) is 0. The minimum atomic E-state index is 0.431. The average molecular weight is 280 g/mol. The SMILES string of the molecule is CCCCOCCNc1nnc(Cl)c2ccccc12. The monoisotopic (exact) mass is 279 g/mol. The van der Waals surface area contributed by atoms with Crippen LogP contribution in [0.15, 0.2) is 24.3 Å². The van der Waals surface area contributed by atoms with E-state index in [0.717, 1.165) is 36.0 Å². The first-order valence-corrected chi connectivity index (χ1v) is 6.93. The molecular formula is C14H18ClN3O. The maximum atomic E-state index is 6.02. The molecule has 0 aliphatic heterocycles. The molecule has 4 nitrogen and oxygen atoms in total. The molecule has 0 radical (unpaired) electrons. The predicted molar refractivity (Wildman–Crippen MR) is 78.8 cm³/mol. The molecule has 102 valence electrons. The topological polar surface area (TPSA) is 47.0 Å². The molecule has 0 atom stereocenters. The Morgan fingerprint density at radius 1 is 1.16 bits per heavy atom. The fourth-order valence-corrected chi connectivity index (χ4v) is 1.99. The summed E-state index contributed by atoms with van der Waals surface area (Å²) >= 11 is 6.02. The molecule has 19 heavy (non-hydrogen) atoms. The smallest absolute Gasteiger partial charge is 0.159 e. The molecule has 0 saturated carbocycles. The largest absolute Gasteiger partial charge is 0.380 e. The molecule has 0 unspecified atom stereocenters. The van der Waals surface area contributed by atoms with Crippen LogP contribution in [0.5, 0.6) is 0 Å². The van der Waals surface area contributed by atoms with Crippen LogP contribution in [-0.4, -0.2) is 30.0 Å². The zero-order chi connectivity index (χ0) is 13.5. The highest BCUT2D eigenvalue weighted by Crippen LogP contribution is 2.25. The molecule has 1 aromatic heterocycles. The van der Waals surface area contributed by atoms with Gasteiger partial charge in [0.1, 0.15) is 0 Å².